The number of aliphatic hydroxyl groups excluding tert-OH is 1. The van der Waals surface area contributed by atoms with E-state index in [4.69, 9.17) is 0 Å². The number of nitrogens with zero attached hydrogens (tertiary/aromatic N) is 1. The lowest BCUT2D eigenvalue weighted by Crippen LogP contribution is -2.53. The number of rotatable bonds is 6. The van der Waals surface area contributed by atoms with Gasteiger partial charge in [-0.05, 0) is 43.4 Å². The van der Waals surface area contributed by atoms with Crippen LogP contribution in [0.25, 0.3) is 0 Å². The van der Waals surface area contributed by atoms with Gasteiger partial charge in [0, 0.05) is 29.9 Å². The summed E-state index contributed by atoms with van der Waals surface area (Å²) < 4.78 is 0. The van der Waals surface area contributed by atoms with Crippen molar-refractivity contribution in [2.45, 2.75) is 49.9 Å². The number of hydrazine groups is 1. The predicted octanol–water partition coefficient (Wildman–Crippen LogP) is 1.19. The highest BCUT2D eigenvalue weighted by atomic mass is 16.3. The Hall–Kier alpha value is -2.48. The van der Waals surface area contributed by atoms with E-state index in [-0.39, 0.29) is 41.8 Å². The number of hydrogen-bond donors (Lipinski definition) is 5. The quantitative estimate of drug-likeness (QED) is 0.514. The third-order valence-corrected chi connectivity index (χ3v) is 5.73. The summed E-state index contributed by atoms with van der Waals surface area (Å²) in [4.78, 5) is 17.2. The molecular weight excluding hydrogens is 356 g/mol. The monoisotopic (exact) mass is 382 g/mol. The summed E-state index contributed by atoms with van der Waals surface area (Å²) in [5.41, 5.74) is 7.86. The van der Waals surface area contributed by atoms with Crippen LogP contribution in [0.3, 0.4) is 0 Å². The number of aromatic hydroxyl groups is 1. The van der Waals surface area contributed by atoms with Crippen LogP contribution in [0.1, 0.15) is 36.6 Å². The maximum atomic E-state index is 12.9. The van der Waals surface area contributed by atoms with Crippen LogP contribution in [0.4, 0.5) is 0 Å². The van der Waals surface area contributed by atoms with Crippen LogP contribution in [0.5, 0.6) is 5.75 Å². The molecule has 1 amide bonds. The van der Waals surface area contributed by atoms with Crippen molar-refractivity contribution in [3.8, 4) is 5.75 Å². The van der Waals surface area contributed by atoms with Gasteiger partial charge in [-0.2, -0.15) is 0 Å². The number of phenolic OH excluding ortho intramolecular Hbond substituents is 1. The number of hydrogen-bond acceptors (Lipinski definition) is 6. The SMILES string of the molecule is O=C(NC(Cc1ccccn1)C1CC(O)C1)C1CC(c2ccccc2O)NN1. The Kier molecular flexibility index (Phi) is 5.57. The zero-order valence-corrected chi connectivity index (χ0v) is 15.6. The van der Waals surface area contributed by atoms with Gasteiger partial charge in [-0.3, -0.25) is 9.78 Å². The third kappa shape index (κ3) is 4.16. The van der Waals surface area contributed by atoms with Gasteiger partial charge >= 0.3 is 0 Å². The van der Waals surface area contributed by atoms with Crippen molar-refractivity contribution in [3.05, 3.63) is 59.9 Å². The van der Waals surface area contributed by atoms with Crippen molar-refractivity contribution >= 4 is 5.91 Å². The third-order valence-electron chi connectivity index (χ3n) is 5.73. The average Bonchev–Trinajstić information content (AvgIpc) is 3.16. The number of para-hydroxylation sites is 1. The van der Waals surface area contributed by atoms with Crippen LogP contribution in [0.15, 0.2) is 48.7 Å². The molecule has 1 aromatic heterocycles. The molecule has 148 valence electrons. The standard InChI is InChI=1S/C21H26N4O3/c26-15-9-13(10-15)17(11-14-5-3-4-8-22-14)23-21(28)19-12-18(24-25-19)16-6-1-2-7-20(16)27/h1-8,13,15,17-19,24-27H,9-12H2,(H,23,28). The minimum Gasteiger partial charge on any atom is -0.508 e. The molecule has 1 saturated carbocycles. The van der Waals surface area contributed by atoms with Gasteiger partial charge in [0.05, 0.1) is 12.1 Å². The summed E-state index contributed by atoms with van der Waals surface area (Å²) >= 11 is 0. The summed E-state index contributed by atoms with van der Waals surface area (Å²) in [6.07, 6.45) is 4.08. The number of amides is 1. The second-order valence-electron chi connectivity index (χ2n) is 7.71. The zero-order valence-electron chi connectivity index (χ0n) is 15.6. The summed E-state index contributed by atoms with van der Waals surface area (Å²) in [6.45, 7) is 0. The van der Waals surface area contributed by atoms with E-state index in [0.29, 0.717) is 25.7 Å². The second-order valence-corrected chi connectivity index (χ2v) is 7.71. The summed E-state index contributed by atoms with van der Waals surface area (Å²) in [6, 6.07) is 12.3. The molecule has 0 bridgehead atoms. The Balaban J connectivity index is 1.39. The Morgan fingerprint density at radius 1 is 1.14 bits per heavy atom. The van der Waals surface area contributed by atoms with Crippen molar-refractivity contribution in [1.29, 1.82) is 0 Å². The number of nitrogens with one attached hydrogen (secondary N) is 3. The van der Waals surface area contributed by atoms with Crippen LogP contribution in [-0.4, -0.2) is 39.3 Å². The molecule has 1 aliphatic carbocycles. The van der Waals surface area contributed by atoms with Gasteiger partial charge in [0.25, 0.3) is 0 Å². The largest absolute Gasteiger partial charge is 0.508 e. The van der Waals surface area contributed by atoms with Crippen LogP contribution in [0.2, 0.25) is 0 Å². The molecular formula is C21H26N4O3. The van der Waals surface area contributed by atoms with Crippen molar-refractivity contribution < 1.29 is 15.0 Å². The van der Waals surface area contributed by atoms with Crippen LogP contribution in [0, 0.1) is 5.92 Å². The molecule has 2 heterocycles. The molecule has 1 saturated heterocycles. The molecule has 2 fully saturated rings. The molecule has 4 rings (SSSR count). The predicted molar refractivity (Wildman–Crippen MR) is 104 cm³/mol. The molecule has 0 spiro atoms. The van der Waals surface area contributed by atoms with Crippen LogP contribution >= 0.6 is 0 Å². The number of phenols is 1. The van der Waals surface area contributed by atoms with E-state index in [1.807, 2.05) is 30.3 Å². The van der Waals surface area contributed by atoms with Gasteiger partial charge in [0.1, 0.15) is 11.8 Å². The lowest BCUT2D eigenvalue weighted by Gasteiger charge is -2.38. The van der Waals surface area contributed by atoms with Crippen molar-refractivity contribution in [1.82, 2.24) is 21.2 Å². The van der Waals surface area contributed by atoms with Crippen LogP contribution in [-0.2, 0) is 11.2 Å². The van der Waals surface area contributed by atoms with E-state index in [2.05, 4.69) is 21.2 Å². The number of aromatic nitrogens is 1. The summed E-state index contributed by atoms with van der Waals surface area (Å²) in [5, 5.41) is 22.9. The van der Waals surface area contributed by atoms with Gasteiger partial charge in [0.15, 0.2) is 0 Å². The first-order valence-electron chi connectivity index (χ1n) is 9.77. The lowest BCUT2D eigenvalue weighted by molar-refractivity contribution is -0.124. The molecule has 3 unspecified atom stereocenters. The Labute approximate surface area is 164 Å². The minimum atomic E-state index is -0.388. The van der Waals surface area contributed by atoms with E-state index in [0.717, 1.165) is 11.3 Å². The maximum Gasteiger partial charge on any atom is 0.238 e. The molecule has 7 heteroatoms. The first-order valence-corrected chi connectivity index (χ1v) is 9.77. The van der Waals surface area contributed by atoms with Gasteiger partial charge in [-0.1, -0.05) is 24.3 Å². The fraction of sp³-hybridized carbons (Fsp3) is 0.429. The zero-order chi connectivity index (χ0) is 19.5. The minimum absolute atomic E-state index is 0.0585. The topological polar surface area (TPSA) is 107 Å². The molecule has 1 aromatic carbocycles. The Bertz CT molecular complexity index is 810. The van der Waals surface area contributed by atoms with Crippen LogP contribution < -0.4 is 16.2 Å². The smallest absolute Gasteiger partial charge is 0.238 e. The summed E-state index contributed by atoms with van der Waals surface area (Å²) in [7, 11) is 0. The van der Waals surface area contributed by atoms with Gasteiger partial charge in [0.2, 0.25) is 5.91 Å². The number of carbonyl (C=O) groups excluding carboxylic acids is 1. The molecule has 2 aromatic rings. The Morgan fingerprint density at radius 3 is 2.64 bits per heavy atom. The molecule has 5 N–H and O–H groups in total. The van der Waals surface area contributed by atoms with Gasteiger partial charge in [-0.25, -0.2) is 10.9 Å². The molecule has 3 atom stereocenters. The molecule has 2 aliphatic rings. The molecule has 7 nitrogen and oxygen atoms in total. The molecule has 0 radical (unpaired) electrons. The number of carbonyl (C=O) groups is 1. The summed E-state index contributed by atoms with van der Waals surface area (Å²) in [5.74, 6) is 0.399. The highest BCUT2D eigenvalue weighted by Crippen LogP contribution is 2.32. The van der Waals surface area contributed by atoms with E-state index in [1.54, 1.807) is 18.3 Å². The van der Waals surface area contributed by atoms with Gasteiger partial charge in [-0.15, -0.1) is 0 Å². The van der Waals surface area contributed by atoms with Crippen molar-refractivity contribution in [3.63, 3.8) is 0 Å². The second kappa shape index (κ2) is 8.26. The lowest BCUT2D eigenvalue weighted by atomic mass is 9.75. The fourth-order valence-corrected chi connectivity index (χ4v) is 4.04. The maximum absolute atomic E-state index is 12.9. The number of pyridine rings is 1. The number of aliphatic hydroxyl groups is 1. The van der Waals surface area contributed by atoms with E-state index < -0.39 is 0 Å². The van der Waals surface area contributed by atoms with E-state index >= 15 is 0 Å². The first kappa shape index (κ1) is 18.9. The van der Waals surface area contributed by atoms with E-state index in [1.165, 1.54) is 0 Å². The average molecular weight is 382 g/mol. The molecule has 1 aliphatic heterocycles. The van der Waals surface area contributed by atoms with E-state index in [9.17, 15) is 15.0 Å². The Morgan fingerprint density at radius 2 is 1.93 bits per heavy atom. The fourth-order valence-electron chi connectivity index (χ4n) is 4.04. The molecule has 28 heavy (non-hydrogen) atoms. The normalized spacial score (nSPS) is 27.8. The van der Waals surface area contributed by atoms with Gasteiger partial charge < -0.3 is 15.5 Å². The van der Waals surface area contributed by atoms with Crippen molar-refractivity contribution in [2.24, 2.45) is 5.92 Å². The first-order chi connectivity index (χ1) is 13.6. The van der Waals surface area contributed by atoms with Crippen molar-refractivity contribution in [2.75, 3.05) is 0 Å². The highest BCUT2D eigenvalue weighted by Gasteiger charge is 2.37. The highest BCUT2D eigenvalue weighted by molar-refractivity contribution is 5.82. The number of benzene rings is 1.